The fourth-order valence-corrected chi connectivity index (χ4v) is 4.31. The van der Waals surface area contributed by atoms with Gasteiger partial charge in [0.25, 0.3) is 5.91 Å². The van der Waals surface area contributed by atoms with Crippen molar-refractivity contribution in [2.24, 2.45) is 0 Å². The van der Waals surface area contributed by atoms with E-state index in [1.807, 2.05) is 36.9 Å². The normalized spacial score (nSPS) is 21.4. The van der Waals surface area contributed by atoms with E-state index in [-0.39, 0.29) is 23.9 Å². The van der Waals surface area contributed by atoms with Gasteiger partial charge >= 0.3 is 0 Å². The highest BCUT2D eigenvalue weighted by Crippen LogP contribution is 2.32. The summed E-state index contributed by atoms with van der Waals surface area (Å²) in [6, 6.07) is 7.62. The molecule has 1 atom stereocenters. The Morgan fingerprint density at radius 2 is 2.11 bits per heavy atom. The molecule has 1 fully saturated rings. The monoisotopic (exact) mass is 382 g/mol. The van der Waals surface area contributed by atoms with E-state index in [1.165, 1.54) is 0 Å². The Kier molecular flexibility index (Phi) is 4.61. The van der Waals surface area contributed by atoms with Crippen molar-refractivity contribution >= 4 is 11.8 Å². The smallest absolute Gasteiger partial charge is 0.252 e. The van der Waals surface area contributed by atoms with Crippen LogP contribution in [-0.4, -0.2) is 52.2 Å². The minimum Gasteiger partial charge on any atom is -0.497 e. The number of hydrogen-bond donors (Lipinski definition) is 1. The summed E-state index contributed by atoms with van der Waals surface area (Å²) in [6.45, 7) is 5.31. The fourth-order valence-electron chi connectivity index (χ4n) is 4.31. The summed E-state index contributed by atoms with van der Waals surface area (Å²) in [4.78, 5) is 27.5. The van der Waals surface area contributed by atoms with Crippen LogP contribution in [0.25, 0.3) is 0 Å². The molecule has 1 aromatic heterocycles. The van der Waals surface area contributed by atoms with E-state index < -0.39 is 0 Å². The average molecular weight is 382 g/mol. The summed E-state index contributed by atoms with van der Waals surface area (Å²) in [5.41, 5.74) is 3.22. The molecule has 0 unspecified atom stereocenters. The van der Waals surface area contributed by atoms with Crippen LogP contribution < -0.4 is 10.1 Å². The third kappa shape index (κ3) is 3.37. The number of carbonyl (C=O) groups excluding carboxylic acids is 2. The summed E-state index contributed by atoms with van der Waals surface area (Å²) in [7, 11) is 1.60. The molecule has 4 rings (SSSR count). The first-order chi connectivity index (χ1) is 13.4. The first-order valence-electron chi connectivity index (χ1n) is 9.67. The van der Waals surface area contributed by atoms with Crippen LogP contribution in [0.1, 0.15) is 40.2 Å². The maximum Gasteiger partial charge on any atom is 0.252 e. The first kappa shape index (κ1) is 18.5. The lowest BCUT2D eigenvalue weighted by molar-refractivity contribution is -0.131. The molecule has 0 radical (unpaired) electrons. The zero-order valence-corrected chi connectivity index (χ0v) is 16.6. The molecule has 2 aromatic rings. The van der Waals surface area contributed by atoms with Crippen LogP contribution in [-0.2, 0) is 17.8 Å². The van der Waals surface area contributed by atoms with Gasteiger partial charge in [0.1, 0.15) is 12.3 Å². The summed E-state index contributed by atoms with van der Waals surface area (Å²) in [6.07, 6.45) is 2.39. The zero-order chi connectivity index (χ0) is 19.9. The van der Waals surface area contributed by atoms with E-state index in [0.717, 1.165) is 36.2 Å². The molecule has 7 heteroatoms. The van der Waals surface area contributed by atoms with Crippen molar-refractivity contribution in [3.63, 3.8) is 0 Å². The molecule has 7 nitrogen and oxygen atoms in total. The molecular formula is C21H26N4O3. The number of methoxy groups -OCH3 is 1. The molecule has 28 heavy (non-hydrogen) atoms. The number of likely N-dealkylation sites (tertiary alicyclic amines) is 1. The second kappa shape index (κ2) is 6.96. The van der Waals surface area contributed by atoms with E-state index in [2.05, 4.69) is 10.4 Å². The molecule has 2 amide bonds. The van der Waals surface area contributed by atoms with Crippen molar-refractivity contribution in [1.29, 1.82) is 0 Å². The minimum absolute atomic E-state index is 0.0424. The van der Waals surface area contributed by atoms with Gasteiger partial charge in [-0.3, -0.25) is 14.3 Å². The number of ether oxygens (including phenoxy) is 1. The molecule has 3 heterocycles. The van der Waals surface area contributed by atoms with Crippen LogP contribution >= 0.6 is 0 Å². The van der Waals surface area contributed by atoms with Gasteiger partial charge in [0.2, 0.25) is 5.91 Å². The molecule has 0 bridgehead atoms. The highest BCUT2D eigenvalue weighted by molar-refractivity contribution is 5.97. The number of benzene rings is 1. The number of amides is 2. The van der Waals surface area contributed by atoms with Gasteiger partial charge in [-0.05, 0) is 56.9 Å². The van der Waals surface area contributed by atoms with Crippen LogP contribution in [0.4, 0.5) is 0 Å². The summed E-state index contributed by atoms with van der Waals surface area (Å²) >= 11 is 0. The SMILES string of the molecule is COc1ccc2c(c1)C(=O)N[C@]1(CC2)CCN(C(=O)Cn2nc(C)cc2C)C1. The third-order valence-electron chi connectivity index (χ3n) is 5.91. The predicted octanol–water partition coefficient (Wildman–Crippen LogP) is 1.86. The number of nitrogens with one attached hydrogen (secondary N) is 1. The second-order valence-electron chi connectivity index (χ2n) is 7.91. The third-order valence-corrected chi connectivity index (χ3v) is 5.91. The molecule has 0 aliphatic carbocycles. The largest absolute Gasteiger partial charge is 0.497 e. The Balaban J connectivity index is 1.48. The Morgan fingerprint density at radius 3 is 2.82 bits per heavy atom. The van der Waals surface area contributed by atoms with Crippen molar-refractivity contribution in [3.05, 3.63) is 46.8 Å². The van der Waals surface area contributed by atoms with Gasteiger partial charge in [0, 0.05) is 24.3 Å². The molecule has 1 saturated heterocycles. The fraction of sp³-hybridized carbons (Fsp3) is 0.476. The lowest BCUT2D eigenvalue weighted by Gasteiger charge is -2.29. The standard InChI is InChI=1S/C21H26N4O3/c1-14-10-15(2)25(23-14)12-19(26)24-9-8-21(13-24)7-6-16-4-5-17(28-3)11-18(16)20(27)22-21/h4-5,10-11H,6-9,12-13H2,1-3H3,(H,22,27)/t21-/m1/s1. The zero-order valence-electron chi connectivity index (χ0n) is 16.6. The molecule has 1 aromatic carbocycles. The molecule has 2 aliphatic rings. The number of rotatable bonds is 3. The van der Waals surface area contributed by atoms with Crippen molar-refractivity contribution in [2.45, 2.75) is 45.2 Å². The lowest BCUT2D eigenvalue weighted by Crippen LogP contribution is -2.50. The maximum absolute atomic E-state index is 12.9. The molecule has 1 spiro atoms. The van der Waals surface area contributed by atoms with Crippen LogP contribution in [0.3, 0.4) is 0 Å². The Bertz CT molecular complexity index is 936. The van der Waals surface area contributed by atoms with Crippen LogP contribution in [0.2, 0.25) is 0 Å². The van der Waals surface area contributed by atoms with Gasteiger partial charge in [-0.2, -0.15) is 5.10 Å². The number of fused-ring (bicyclic) bond motifs is 1. The molecule has 1 N–H and O–H groups in total. The van der Waals surface area contributed by atoms with Gasteiger partial charge in [-0.1, -0.05) is 6.07 Å². The minimum atomic E-state index is -0.367. The maximum atomic E-state index is 12.9. The first-order valence-corrected chi connectivity index (χ1v) is 9.67. The number of nitrogens with zero attached hydrogens (tertiary/aromatic N) is 3. The van der Waals surface area contributed by atoms with E-state index in [4.69, 9.17) is 4.74 Å². The number of aromatic nitrogens is 2. The Hall–Kier alpha value is -2.83. The molecule has 0 saturated carbocycles. The van der Waals surface area contributed by atoms with Gasteiger partial charge in [0.15, 0.2) is 0 Å². The van der Waals surface area contributed by atoms with Crippen molar-refractivity contribution < 1.29 is 14.3 Å². The molecule has 148 valence electrons. The highest BCUT2D eigenvalue weighted by Gasteiger charge is 2.42. The topological polar surface area (TPSA) is 76.5 Å². The molecular weight excluding hydrogens is 356 g/mol. The van der Waals surface area contributed by atoms with Crippen LogP contribution in [0.5, 0.6) is 5.75 Å². The predicted molar refractivity (Wildman–Crippen MR) is 104 cm³/mol. The summed E-state index contributed by atoms with van der Waals surface area (Å²) in [5, 5.41) is 7.60. The van der Waals surface area contributed by atoms with Crippen molar-refractivity contribution in [3.8, 4) is 5.75 Å². The molecule has 2 aliphatic heterocycles. The van der Waals surface area contributed by atoms with Gasteiger partial charge in [-0.15, -0.1) is 0 Å². The van der Waals surface area contributed by atoms with Gasteiger partial charge in [0.05, 0.1) is 18.3 Å². The summed E-state index contributed by atoms with van der Waals surface area (Å²) in [5.74, 6) is 0.637. The van der Waals surface area contributed by atoms with Crippen LogP contribution in [0, 0.1) is 13.8 Å². The van der Waals surface area contributed by atoms with E-state index in [0.29, 0.717) is 24.4 Å². The number of aryl methyl sites for hydroxylation is 3. The average Bonchev–Trinajstić information content (AvgIpc) is 3.19. The Labute approximate surface area is 164 Å². The number of hydrogen-bond acceptors (Lipinski definition) is 4. The second-order valence-corrected chi connectivity index (χ2v) is 7.91. The van der Waals surface area contributed by atoms with Gasteiger partial charge in [-0.25, -0.2) is 0 Å². The van der Waals surface area contributed by atoms with Gasteiger partial charge < -0.3 is 15.0 Å². The van der Waals surface area contributed by atoms with E-state index >= 15 is 0 Å². The summed E-state index contributed by atoms with van der Waals surface area (Å²) < 4.78 is 7.01. The Morgan fingerprint density at radius 1 is 1.29 bits per heavy atom. The lowest BCUT2D eigenvalue weighted by atomic mass is 9.91. The van der Waals surface area contributed by atoms with E-state index in [9.17, 15) is 9.59 Å². The van der Waals surface area contributed by atoms with Crippen LogP contribution in [0.15, 0.2) is 24.3 Å². The number of carbonyl (C=O) groups is 2. The quantitative estimate of drug-likeness (QED) is 0.879. The van der Waals surface area contributed by atoms with E-state index in [1.54, 1.807) is 17.9 Å². The van der Waals surface area contributed by atoms with Crippen molar-refractivity contribution in [2.75, 3.05) is 20.2 Å². The highest BCUT2D eigenvalue weighted by atomic mass is 16.5. The van der Waals surface area contributed by atoms with Crippen molar-refractivity contribution in [1.82, 2.24) is 20.0 Å².